The molecule has 0 saturated carbocycles. The summed E-state index contributed by atoms with van der Waals surface area (Å²) in [6, 6.07) is 19.5. The number of anilines is 1. The van der Waals surface area contributed by atoms with Gasteiger partial charge in [0.05, 0.1) is 43.7 Å². The molecular weight excluding hydrogens is 386 g/mol. The standard InChI is InChI=1S/C26H31N3S/c1-6-25(29(3,4)5)28-19-18-20(21-13-7-8-14-22(21)28)12-11-17-26-27(2)23-15-9-10-16-24(23)30-26/h7-19,25H,6H2,1-5H3/q+2. The molecule has 1 atom stereocenters. The number of hydrogen-bond acceptors (Lipinski definition) is 2. The lowest BCUT2D eigenvalue weighted by Gasteiger charge is -2.29. The Labute approximate surface area is 184 Å². The molecule has 154 valence electrons. The normalized spacial score (nSPS) is 16.6. The van der Waals surface area contributed by atoms with Crippen molar-refractivity contribution >= 4 is 34.4 Å². The van der Waals surface area contributed by atoms with E-state index in [1.807, 2.05) is 11.8 Å². The Kier molecular flexibility index (Phi) is 5.72. The smallest absolute Gasteiger partial charge is 0.284 e. The molecule has 2 heterocycles. The maximum absolute atomic E-state index is 2.43. The highest BCUT2D eigenvalue weighted by molar-refractivity contribution is 8.03. The molecule has 4 heteroatoms. The molecule has 1 unspecified atom stereocenters. The van der Waals surface area contributed by atoms with Crippen LogP contribution in [0.3, 0.4) is 0 Å². The number of hydrogen-bond donors (Lipinski definition) is 0. The van der Waals surface area contributed by atoms with Crippen molar-refractivity contribution in [3.8, 4) is 0 Å². The first kappa shape index (κ1) is 20.7. The Bertz CT molecular complexity index is 1120. The fourth-order valence-electron chi connectivity index (χ4n) is 4.30. The highest BCUT2D eigenvalue weighted by Gasteiger charge is 2.32. The summed E-state index contributed by atoms with van der Waals surface area (Å²) < 4.78 is 3.33. The summed E-state index contributed by atoms with van der Waals surface area (Å²) in [7, 11) is 8.94. The van der Waals surface area contributed by atoms with Crippen molar-refractivity contribution in [1.29, 1.82) is 0 Å². The van der Waals surface area contributed by atoms with Crippen molar-refractivity contribution in [1.82, 2.24) is 0 Å². The minimum absolute atomic E-state index is 0.400. The topological polar surface area (TPSA) is 7.12 Å². The first-order valence-corrected chi connectivity index (χ1v) is 11.3. The molecule has 0 bridgehead atoms. The molecule has 0 radical (unpaired) electrons. The minimum Gasteiger partial charge on any atom is -0.338 e. The lowest BCUT2D eigenvalue weighted by molar-refractivity contribution is -1.04. The first-order valence-electron chi connectivity index (χ1n) is 10.5. The van der Waals surface area contributed by atoms with Gasteiger partial charge in [0, 0.05) is 24.1 Å². The molecule has 0 amide bonds. The van der Waals surface area contributed by atoms with Crippen LogP contribution in [0.15, 0.2) is 82.9 Å². The van der Waals surface area contributed by atoms with Crippen LogP contribution < -0.4 is 9.47 Å². The fourth-order valence-corrected chi connectivity index (χ4v) is 5.36. The molecule has 3 aromatic rings. The van der Waals surface area contributed by atoms with E-state index in [0.29, 0.717) is 6.17 Å². The van der Waals surface area contributed by atoms with Crippen LogP contribution in [-0.4, -0.2) is 32.7 Å². The number of quaternary nitrogens is 1. The van der Waals surface area contributed by atoms with Gasteiger partial charge in [-0.15, -0.1) is 4.57 Å². The summed E-state index contributed by atoms with van der Waals surface area (Å²) in [5.41, 5.74) is 3.81. The van der Waals surface area contributed by atoms with Crippen molar-refractivity contribution in [3.63, 3.8) is 0 Å². The summed E-state index contributed by atoms with van der Waals surface area (Å²) in [6.45, 7) is 2.27. The number of aromatic nitrogens is 1. The third kappa shape index (κ3) is 3.90. The van der Waals surface area contributed by atoms with Crippen LogP contribution in [0.1, 0.15) is 25.1 Å². The van der Waals surface area contributed by atoms with E-state index in [0.717, 1.165) is 10.9 Å². The van der Waals surface area contributed by atoms with Crippen LogP contribution in [-0.2, 0) is 0 Å². The highest BCUT2D eigenvalue weighted by Crippen LogP contribution is 2.44. The van der Waals surface area contributed by atoms with Gasteiger partial charge < -0.3 is 4.90 Å². The molecule has 0 N–H and O–H groups in total. The van der Waals surface area contributed by atoms with Gasteiger partial charge in [-0.05, 0) is 29.8 Å². The van der Waals surface area contributed by atoms with E-state index in [-0.39, 0.29) is 0 Å². The molecule has 30 heavy (non-hydrogen) atoms. The number of rotatable bonds is 5. The van der Waals surface area contributed by atoms with Gasteiger partial charge in [-0.3, -0.25) is 4.48 Å². The lowest BCUT2D eigenvalue weighted by Crippen LogP contribution is -2.55. The second-order valence-electron chi connectivity index (χ2n) is 8.69. The van der Waals surface area contributed by atoms with E-state index < -0.39 is 0 Å². The SMILES string of the molecule is CCC([n+]1ccc(C=CC=C2Sc3ccccc3N2C)c2ccccc21)[N+](C)(C)C. The van der Waals surface area contributed by atoms with Crippen molar-refractivity contribution in [2.75, 3.05) is 33.1 Å². The molecule has 3 nitrogen and oxygen atoms in total. The largest absolute Gasteiger partial charge is 0.338 e. The third-order valence-corrected chi connectivity index (χ3v) is 6.96. The number of pyridine rings is 1. The van der Waals surface area contributed by atoms with Crippen molar-refractivity contribution in [2.45, 2.75) is 24.4 Å². The number of thioether (sulfide) groups is 1. The molecule has 0 aliphatic carbocycles. The molecule has 0 spiro atoms. The Morgan fingerprint density at radius 3 is 2.50 bits per heavy atom. The molecule has 0 saturated heterocycles. The van der Waals surface area contributed by atoms with Crippen LogP contribution in [0.5, 0.6) is 0 Å². The lowest BCUT2D eigenvalue weighted by atomic mass is 10.1. The second-order valence-corrected chi connectivity index (χ2v) is 9.76. The Morgan fingerprint density at radius 2 is 1.77 bits per heavy atom. The van der Waals surface area contributed by atoms with Gasteiger partial charge in [0.15, 0.2) is 6.20 Å². The zero-order valence-electron chi connectivity index (χ0n) is 18.5. The minimum atomic E-state index is 0.400. The van der Waals surface area contributed by atoms with Gasteiger partial charge in [-0.25, -0.2) is 0 Å². The van der Waals surface area contributed by atoms with Crippen LogP contribution >= 0.6 is 11.8 Å². The maximum Gasteiger partial charge on any atom is 0.284 e. The van der Waals surface area contributed by atoms with Crippen molar-refractivity contribution in [2.24, 2.45) is 0 Å². The van der Waals surface area contributed by atoms with Crippen LogP contribution in [0.25, 0.3) is 17.0 Å². The monoisotopic (exact) mass is 417 g/mol. The molecule has 4 rings (SSSR count). The first-order chi connectivity index (χ1) is 14.4. The molecule has 1 aliphatic heterocycles. The molecule has 0 fully saturated rings. The highest BCUT2D eigenvalue weighted by atomic mass is 32.2. The molecule has 2 aromatic carbocycles. The number of allylic oxidation sites excluding steroid dienone is 2. The van der Waals surface area contributed by atoms with E-state index in [2.05, 4.69) is 124 Å². The average molecular weight is 418 g/mol. The predicted molar refractivity (Wildman–Crippen MR) is 129 cm³/mol. The van der Waals surface area contributed by atoms with E-state index >= 15 is 0 Å². The van der Waals surface area contributed by atoms with Gasteiger partial charge in [0.25, 0.3) is 6.17 Å². The summed E-state index contributed by atoms with van der Waals surface area (Å²) in [5, 5.41) is 2.54. The van der Waals surface area contributed by atoms with Crippen molar-refractivity contribution < 1.29 is 9.05 Å². The van der Waals surface area contributed by atoms with E-state index in [9.17, 15) is 0 Å². The van der Waals surface area contributed by atoms with Crippen molar-refractivity contribution in [3.05, 3.63) is 83.5 Å². The molecular formula is C26H31N3S+2. The molecule has 1 aliphatic rings. The number of benzene rings is 2. The van der Waals surface area contributed by atoms with Crippen LogP contribution in [0.2, 0.25) is 0 Å². The maximum atomic E-state index is 2.43. The third-order valence-electron chi connectivity index (χ3n) is 5.77. The summed E-state index contributed by atoms with van der Waals surface area (Å²) in [5.74, 6) is 0. The zero-order chi connectivity index (χ0) is 21.3. The number of fused-ring (bicyclic) bond motifs is 2. The fraction of sp³-hybridized carbons (Fsp3) is 0.269. The number of nitrogens with zero attached hydrogens (tertiary/aromatic N) is 3. The summed E-state index contributed by atoms with van der Waals surface area (Å²) in [6.07, 6.45) is 10.3. The summed E-state index contributed by atoms with van der Waals surface area (Å²) >= 11 is 1.82. The quantitative estimate of drug-likeness (QED) is 0.380. The van der Waals surface area contributed by atoms with Gasteiger partial charge in [-0.2, -0.15) is 0 Å². The van der Waals surface area contributed by atoms with Gasteiger partial charge >= 0.3 is 0 Å². The Hall–Kier alpha value is -2.56. The second kappa shape index (κ2) is 8.29. The number of para-hydroxylation sites is 2. The van der Waals surface area contributed by atoms with Gasteiger partial charge in [-0.1, -0.05) is 55.1 Å². The van der Waals surface area contributed by atoms with Gasteiger partial charge in [0.2, 0.25) is 5.52 Å². The van der Waals surface area contributed by atoms with E-state index in [1.54, 1.807) is 0 Å². The van der Waals surface area contributed by atoms with E-state index in [4.69, 9.17) is 0 Å². The predicted octanol–water partition coefficient (Wildman–Crippen LogP) is 5.84. The average Bonchev–Trinajstić information content (AvgIpc) is 3.05. The Balaban J connectivity index is 1.67. The van der Waals surface area contributed by atoms with Gasteiger partial charge in [0.1, 0.15) is 0 Å². The van der Waals surface area contributed by atoms with Crippen LogP contribution in [0.4, 0.5) is 5.69 Å². The Morgan fingerprint density at radius 1 is 1.03 bits per heavy atom. The molecule has 1 aromatic heterocycles. The van der Waals surface area contributed by atoms with Crippen LogP contribution in [0, 0.1) is 0 Å². The van der Waals surface area contributed by atoms with E-state index in [1.165, 1.54) is 32.1 Å². The zero-order valence-corrected chi connectivity index (χ0v) is 19.4. The summed E-state index contributed by atoms with van der Waals surface area (Å²) in [4.78, 5) is 3.57.